The summed E-state index contributed by atoms with van der Waals surface area (Å²) in [6.45, 7) is 0. The van der Waals surface area contributed by atoms with Crippen molar-refractivity contribution in [1.82, 2.24) is 5.32 Å². The van der Waals surface area contributed by atoms with E-state index in [1.807, 2.05) is 18.5 Å². The molecular formula is C12H11BrFNS. The van der Waals surface area contributed by atoms with Crippen molar-refractivity contribution in [3.8, 4) is 0 Å². The van der Waals surface area contributed by atoms with Crippen molar-refractivity contribution < 1.29 is 4.39 Å². The van der Waals surface area contributed by atoms with Crippen LogP contribution in [0.2, 0.25) is 0 Å². The van der Waals surface area contributed by atoms with Gasteiger partial charge in [-0.3, -0.25) is 0 Å². The minimum Gasteiger partial charge on any atom is -0.309 e. The molecule has 1 atom stereocenters. The third-order valence-corrected chi connectivity index (χ3v) is 4.01. The van der Waals surface area contributed by atoms with Gasteiger partial charge in [0.2, 0.25) is 0 Å². The molecule has 4 heteroatoms. The standard InChI is InChI=1S/C12H11BrFNS/c1-15-12(11-3-2-6-16-11)9-5-4-8(14)7-10(9)13/h2-7,12,15H,1H3. The summed E-state index contributed by atoms with van der Waals surface area (Å²) in [6.07, 6.45) is 0. The Kier molecular flexibility index (Phi) is 3.74. The molecule has 16 heavy (non-hydrogen) atoms. The Morgan fingerprint density at radius 2 is 2.19 bits per heavy atom. The highest BCUT2D eigenvalue weighted by Gasteiger charge is 2.15. The average Bonchev–Trinajstić information content (AvgIpc) is 2.75. The number of rotatable bonds is 3. The van der Waals surface area contributed by atoms with Crippen LogP contribution in [0.4, 0.5) is 4.39 Å². The second kappa shape index (κ2) is 5.08. The zero-order chi connectivity index (χ0) is 11.5. The minimum absolute atomic E-state index is 0.106. The molecule has 0 aliphatic rings. The number of benzene rings is 1. The minimum atomic E-state index is -0.225. The topological polar surface area (TPSA) is 12.0 Å². The summed E-state index contributed by atoms with van der Waals surface area (Å²) in [5.74, 6) is -0.225. The van der Waals surface area contributed by atoms with Crippen LogP contribution >= 0.6 is 27.3 Å². The first-order valence-corrected chi connectivity index (χ1v) is 6.55. The third kappa shape index (κ3) is 2.34. The van der Waals surface area contributed by atoms with E-state index in [9.17, 15) is 4.39 Å². The fourth-order valence-corrected chi connectivity index (χ4v) is 3.07. The fourth-order valence-electron chi connectivity index (χ4n) is 1.64. The van der Waals surface area contributed by atoms with Crippen LogP contribution in [0, 0.1) is 5.82 Å². The number of halogens is 2. The van der Waals surface area contributed by atoms with E-state index in [4.69, 9.17) is 0 Å². The Morgan fingerprint density at radius 1 is 1.38 bits per heavy atom. The number of thiophene rings is 1. The summed E-state index contributed by atoms with van der Waals surface area (Å²) in [5, 5.41) is 5.28. The van der Waals surface area contributed by atoms with Crippen LogP contribution < -0.4 is 5.32 Å². The summed E-state index contributed by atoms with van der Waals surface area (Å²) in [6, 6.07) is 8.98. The maximum Gasteiger partial charge on any atom is 0.124 e. The summed E-state index contributed by atoms with van der Waals surface area (Å²) in [7, 11) is 1.90. The van der Waals surface area contributed by atoms with Gasteiger partial charge in [0.05, 0.1) is 6.04 Å². The Morgan fingerprint density at radius 3 is 2.75 bits per heavy atom. The van der Waals surface area contributed by atoms with Gasteiger partial charge >= 0.3 is 0 Å². The predicted octanol–water partition coefficient (Wildman–Crippen LogP) is 3.96. The highest BCUT2D eigenvalue weighted by atomic mass is 79.9. The van der Waals surface area contributed by atoms with Crippen LogP contribution in [0.5, 0.6) is 0 Å². The summed E-state index contributed by atoms with van der Waals surface area (Å²) in [4.78, 5) is 1.22. The molecule has 0 bridgehead atoms. The van der Waals surface area contributed by atoms with Gasteiger partial charge in [0.25, 0.3) is 0 Å². The highest BCUT2D eigenvalue weighted by molar-refractivity contribution is 9.10. The van der Waals surface area contributed by atoms with Crippen molar-refractivity contribution in [1.29, 1.82) is 0 Å². The van der Waals surface area contributed by atoms with E-state index in [0.29, 0.717) is 0 Å². The van der Waals surface area contributed by atoms with E-state index in [-0.39, 0.29) is 11.9 Å². The van der Waals surface area contributed by atoms with E-state index >= 15 is 0 Å². The maximum absolute atomic E-state index is 13.0. The Balaban J connectivity index is 2.41. The molecule has 1 heterocycles. The van der Waals surface area contributed by atoms with E-state index in [0.717, 1.165) is 10.0 Å². The van der Waals surface area contributed by atoms with E-state index in [2.05, 4.69) is 27.3 Å². The van der Waals surface area contributed by atoms with Crippen molar-refractivity contribution in [2.75, 3.05) is 7.05 Å². The molecule has 0 radical (unpaired) electrons. The Labute approximate surface area is 106 Å². The Bertz CT molecular complexity index is 470. The van der Waals surface area contributed by atoms with Gasteiger partial charge in [0, 0.05) is 9.35 Å². The molecule has 2 aromatic rings. The lowest BCUT2D eigenvalue weighted by atomic mass is 10.1. The quantitative estimate of drug-likeness (QED) is 0.905. The van der Waals surface area contributed by atoms with Gasteiger partial charge in [-0.05, 0) is 36.2 Å². The van der Waals surface area contributed by atoms with Gasteiger partial charge in [-0.2, -0.15) is 0 Å². The SMILES string of the molecule is CNC(c1cccs1)c1ccc(F)cc1Br. The molecule has 0 aliphatic heterocycles. The lowest BCUT2D eigenvalue weighted by molar-refractivity contribution is 0.622. The molecule has 0 amide bonds. The Hall–Kier alpha value is -0.710. The molecule has 0 saturated carbocycles. The fraction of sp³-hybridized carbons (Fsp3) is 0.167. The highest BCUT2D eigenvalue weighted by Crippen LogP contribution is 2.31. The van der Waals surface area contributed by atoms with Gasteiger partial charge in [-0.15, -0.1) is 11.3 Å². The van der Waals surface area contributed by atoms with Gasteiger partial charge in [0.1, 0.15) is 5.82 Å². The number of hydrogen-bond acceptors (Lipinski definition) is 2. The van der Waals surface area contributed by atoms with E-state index in [1.165, 1.54) is 17.0 Å². The molecule has 1 N–H and O–H groups in total. The summed E-state index contributed by atoms with van der Waals surface area (Å²) >= 11 is 5.08. The normalized spacial score (nSPS) is 12.7. The molecule has 1 nitrogen and oxygen atoms in total. The first-order valence-electron chi connectivity index (χ1n) is 4.88. The summed E-state index contributed by atoms with van der Waals surface area (Å²) < 4.78 is 13.8. The van der Waals surface area contributed by atoms with Crippen molar-refractivity contribution in [2.24, 2.45) is 0 Å². The van der Waals surface area contributed by atoms with Crippen molar-refractivity contribution in [3.05, 3.63) is 56.4 Å². The third-order valence-electron chi connectivity index (χ3n) is 2.39. The van der Waals surface area contributed by atoms with Crippen molar-refractivity contribution in [2.45, 2.75) is 6.04 Å². The molecule has 0 aliphatic carbocycles. The number of hydrogen-bond donors (Lipinski definition) is 1. The molecular weight excluding hydrogens is 289 g/mol. The van der Waals surface area contributed by atoms with Crippen LogP contribution in [0.15, 0.2) is 40.2 Å². The van der Waals surface area contributed by atoms with Gasteiger partial charge in [0.15, 0.2) is 0 Å². The molecule has 0 saturated heterocycles. The lowest BCUT2D eigenvalue weighted by Crippen LogP contribution is -2.17. The second-order valence-corrected chi connectivity index (χ2v) is 5.24. The van der Waals surface area contributed by atoms with E-state index < -0.39 is 0 Å². The van der Waals surface area contributed by atoms with Crippen LogP contribution in [0.25, 0.3) is 0 Å². The zero-order valence-corrected chi connectivity index (χ0v) is 11.1. The van der Waals surface area contributed by atoms with E-state index in [1.54, 1.807) is 17.4 Å². The molecule has 1 aromatic carbocycles. The van der Waals surface area contributed by atoms with Crippen LogP contribution in [0.3, 0.4) is 0 Å². The molecule has 1 unspecified atom stereocenters. The van der Waals surface area contributed by atoms with Crippen molar-refractivity contribution in [3.63, 3.8) is 0 Å². The average molecular weight is 300 g/mol. The second-order valence-electron chi connectivity index (χ2n) is 3.40. The number of nitrogens with one attached hydrogen (secondary N) is 1. The van der Waals surface area contributed by atoms with Crippen LogP contribution in [-0.2, 0) is 0 Å². The van der Waals surface area contributed by atoms with Gasteiger partial charge in [-0.1, -0.05) is 28.1 Å². The van der Waals surface area contributed by atoms with Gasteiger partial charge < -0.3 is 5.32 Å². The molecule has 2 rings (SSSR count). The molecule has 0 spiro atoms. The van der Waals surface area contributed by atoms with Crippen LogP contribution in [0.1, 0.15) is 16.5 Å². The zero-order valence-electron chi connectivity index (χ0n) is 8.71. The molecule has 0 fully saturated rings. The maximum atomic E-state index is 13.0. The first kappa shape index (κ1) is 11.8. The van der Waals surface area contributed by atoms with Gasteiger partial charge in [-0.25, -0.2) is 4.39 Å². The lowest BCUT2D eigenvalue weighted by Gasteiger charge is -2.16. The molecule has 1 aromatic heterocycles. The summed E-state index contributed by atoms with van der Waals surface area (Å²) in [5.41, 5.74) is 1.05. The predicted molar refractivity (Wildman–Crippen MR) is 69.3 cm³/mol. The van der Waals surface area contributed by atoms with Crippen LogP contribution in [-0.4, -0.2) is 7.05 Å². The monoisotopic (exact) mass is 299 g/mol. The first-order chi connectivity index (χ1) is 7.72. The van der Waals surface area contributed by atoms with Crippen molar-refractivity contribution >= 4 is 27.3 Å². The smallest absolute Gasteiger partial charge is 0.124 e. The molecule has 84 valence electrons. The largest absolute Gasteiger partial charge is 0.309 e.